The highest BCUT2D eigenvalue weighted by Crippen LogP contribution is 2.26. The van der Waals surface area contributed by atoms with Crippen LogP contribution in [0.4, 0.5) is 0 Å². The Morgan fingerprint density at radius 3 is 2.39 bits per heavy atom. The van der Waals surface area contributed by atoms with Gasteiger partial charge in [0.1, 0.15) is 0 Å². The van der Waals surface area contributed by atoms with Gasteiger partial charge in [-0.15, -0.1) is 11.3 Å². The maximum atomic E-state index is 4.15. The molecule has 0 bridgehead atoms. The molecule has 0 saturated carbocycles. The van der Waals surface area contributed by atoms with Crippen LogP contribution in [-0.4, -0.2) is 4.98 Å². The molecule has 0 aliphatic heterocycles. The molecule has 0 radical (unpaired) electrons. The van der Waals surface area contributed by atoms with Crippen molar-refractivity contribution in [3.63, 3.8) is 0 Å². The van der Waals surface area contributed by atoms with Gasteiger partial charge in [0, 0.05) is 23.2 Å². The fourth-order valence-corrected chi connectivity index (χ4v) is 2.76. The van der Waals surface area contributed by atoms with Crippen molar-refractivity contribution in [1.82, 2.24) is 10.3 Å². The molecule has 0 amide bonds. The fourth-order valence-electron chi connectivity index (χ4n) is 2.12. The van der Waals surface area contributed by atoms with Gasteiger partial charge in [0.25, 0.3) is 0 Å². The van der Waals surface area contributed by atoms with Crippen molar-refractivity contribution in [3.8, 4) is 0 Å². The van der Waals surface area contributed by atoms with E-state index in [0.717, 1.165) is 0 Å². The van der Waals surface area contributed by atoms with Crippen LogP contribution in [0.1, 0.15) is 43.3 Å². The maximum absolute atomic E-state index is 4.15. The van der Waals surface area contributed by atoms with E-state index in [9.17, 15) is 0 Å². The molecule has 1 N–H and O–H groups in total. The van der Waals surface area contributed by atoms with Crippen molar-refractivity contribution in [2.24, 2.45) is 5.92 Å². The van der Waals surface area contributed by atoms with Gasteiger partial charge in [-0.2, -0.15) is 0 Å². The molecule has 18 heavy (non-hydrogen) atoms. The number of rotatable bonds is 5. The molecule has 2 unspecified atom stereocenters. The van der Waals surface area contributed by atoms with Crippen LogP contribution in [0.3, 0.4) is 0 Å². The van der Waals surface area contributed by atoms with Crippen LogP contribution in [0.5, 0.6) is 0 Å². The molecular formula is C15H20N2S. The quantitative estimate of drug-likeness (QED) is 0.872. The van der Waals surface area contributed by atoms with E-state index in [4.69, 9.17) is 0 Å². The molecule has 3 heteroatoms. The summed E-state index contributed by atoms with van der Waals surface area (Å²) in [5, 5.41) is 3.71. The molecule has 0 aliphatic carbocycles. The Morgan fingerprint density at radius 1 is 1.11 bits per heavy atom. The number of nitrogens with one attached hydrogen (secondary N) is 1. The van der Waals surface area contributed by atoms with E-state index < -0.39 is 0 Å². The lowest BCUT2D eigenvalue weighted by atomic mass is 9.95. The molecule has 2 aromatic rings. The molecule has 2 nitrogen and oxygen atoms in total. The van der Waals surface area contributed by atoms with E-state index in [-0.39, 0.29) is 0 Å². The summed E-state index contributed by atoms with van der Waals surface area (Å²) >= 11 is 1.71. The Kier molecular flexibility index (Phi) is 4.50. The van der Waals surface area contributed by atoms with Crippen LogP contribution in [-0.2, 0) is 0 Å². The highest BCUT2D eigenvalue weighted by atomic mass is 32.1. The minimum absolute atomic E-state index is 0.338. The molecule has 2 atom stereocenters. The van der Waals surface area contributed by atoms with Gasteiger partial charge in [0.2, 0.25) is 0 Å². The summed E-state index contributed by atoms with van der Waals surface area (Å²) in [6, 6.07) is 11.4. The zero-order chi connectivity index (χ0) is 13.0. The monoisotopic (exact) mass is 260 g/mol. The average Bonchev–Trinajstić information content (AvgIpc) is 2.90. The van der Waals surface area contributed by atoms with Gasteiger partial charge in [-0.3, -0.25) is 4.98 Å². The number of aromatic nitrogens is 1. The summed E-state index contributed by atoms with van der Waals surface area (Å²) in [5.41, 5.74) is 3.24. The molecule has 2 rings (SSSR count). The first-order chi connectivity index (χ1) is 8.68. The summed E-state index contributed by atoms with van der Waals surface area (Å²) in [6.45, 7) is 6.71. The first kappa shape index (κ1) is 13.2. The second-order valence-electron chi connectivity index (χ2n) is 4.92. The fraction of sp³-hybridized carbons (Fsp3) is 0.400. The highest BCUT2D eigenvalue weighted by molar-refractivity contribution is 7.09. The van der Waals surface area contributed by atoms with E-state index in [1.165, 1.54) is 10.4 Å². The SMILES string of the molecule is CC(NC(c1ccccc1)C(C)C)c1cncs1. The molecular weight excluding hydrogens is 240 g/mol. The molecule has 0 aliphatic rings. The van der Waals surface area contributed by atoms with E-state index in [0.29, 0.717) is 18.0 Å². The Hall–Kier alpha value is -1.19. The van der Waals surface area contributed by atoms with Crippen molar-refractivity contribution in [2.45, 2.75) is 32.9 Å². The van der Waals surface area contributed by atoms with Crippen LogP contribution in [0, 0.1) is 5.92 Å². The Bertz CT molecular complexity index is 451. The largest absolute Gasteiger partial charge is 0.302 e. The van der Waals surface area contributed by atoms with Gasteiger partial charge in [-0.05, 0) is 18.4 Å². The zero-order valence-corrected chi connectivity index (χ0v) is 11.9. The highest BCUT2D eigenvalue weighted by Gasteiger charge is 2.18. The second-order valence-corrected chi connectivity index (χ2v) is 5.84. The number of nitrogens with zero attached hydrogens (tertiary/aromatic N) is 1. The number of benzene rings is 1. The summed E-state index contributed by atoms with van der Waals surface area (Å²) in [4.78, 5) is 5.44. The Morgan fingerprint density at radius 2 is 1.83 bits per heavy atom. The van der Waals surface area contributed by atoms with E-state index in [1.807, 2.05) is 11.7 Å². The summed E-state index contributed by atoms with van der Waals surface area (Å²) in [7, 11) is 0. The molecule has 0 fully saturated rings. The second kappa shape index (κ2) is 6.12. The van der Waals surface area contributed by atoms with Gasteiger partial charge < -0.3 is 5.32 Å². The predicted octanol–water partition coefficient (Wildman–Crippen LogP) is 4.19. The third kappa shape index (κ3) is 3.18. The molecule has 96 valence electrons. The predicted molar refractivity (Wildman–Crippen MR) is 77.7 cm³/mol. The lowest BCUT2D eigenvalue weighted by molar-refractivity contribution is 0.376. The van der Waals surface area contributed by atoms with Crippen molar-refractivity contribution >= 4 is 11.3 Å². The van der Waals surface area contributed by atoms with Crippen molar-refractivity contribution in [1.29, 1.82) is 0 Å². The van der Waals surface area contributed by atoms with Gasteiger partial charge in [0.05, 0.1) is 5.51 Å². The zero-order valence-electron chi connectivity index (χ0n) is 11.1. The van der Waals surface area contributed by atoms with Crippen molar-refractivity contribution in [2.75, 3.05) is 0 Å². The lowest BCUT2D eigenvalue weighted by Gasteiger charge is -2.26. The van der Waals surface area contributed by atoms with E-state index in [1.54, 1.807) is 11.3 Å². The summed E-state index contributed by atoms with van der Waals surface area (Å²) in [6.07, 6.45) is 1.95. The molecule has 1 aromatic carbocycles. The molecule has 0 saturated heterocycles. The van der Waals surface area contributed by atoms with Gasteiger partial charge >= 0.3 is 0 Å². The normalized spacial score (nSPS) is 14.7. The van der Waals surface area contributed by atoms with Crippen molar-refractivity contribution in [3.05, 3.63) is 52.5 Å². The topological polar surface area (TPSA) is 24.9 Å². The third-order valence-corrected chi connectivity index (χ3v) is 4.09. The Balaban J connectivity index is 2.12. The first-order valence-corrected chi connectivity index (χ1v) is 7.26. The maximum Gasteiger partial charge on any atom is 0.0794 e. The lowest BCUT2D eigenvalue weighted by Crippen LogP contribution is -2.28. The van der Waals surface area contributed by atoms with Gasteiger partial charge in [-0.1, -0.05) is 44.2 Å². The van der Waals surface area contributed by atoms with E-state index in [2.05, 4.69) is 61.4 Å². The minimum Gasteiger partial charge on any atom is -0.302 e. The summed E-state index contributed by atoms with van der Waals surface area (Å²) in [5.74, 6) is 0.558. The molecule has 0 spiro atoms. The van der Waals surface area contributed by atoms with E-state index >= 15 is 0 Å². The van der Waals surface area contributed by atoms with Crippen LogP contribution < -0.4 is 5.32 Å². The van der Waals surface area contributed by atoms with Crippen molar-refractivity contribution < 1.29 is 0 Å². The number of hydrogen-bond acceptors (Lipinski definition) is 3. The minimum atomic E-state index is 0.338. The molecule has 1 heterocycles. The first-order valence-electron chi connectivity index (χ1n) is 6.38. The third-order valence-electron chi connectivity index (χ3n) is 3.13. The average molecular weight is 260 g/mol. The van der Waals surface area contributed by atoms with Gasteiger partial charge in [-0.25, -0.2) is 0 Å². The summed E-state index contributed by atoms with van der Waals surface area (Å²) < 4.78 is 0. The smallest absolute Gasteiger partial charge is 0.0794 e. The Labute approximate surface area is 113 Å². The number of hydrogen-bond donors (Lipinski definition) is 1. The van der Waals surface area contributed by atoms with Crippen LogP contribution >= 0.6 is 11.3 Å². The van der Waals surface area contributed by atoms with Crippen LogP contribution in [0.25, 0.3) is 0 Å². The van der Waals surface area contributed by atoms with Gasteiger partial charge in [0.15, 0.2) is 0 Å². The standard InChI is InChI=1S/C15H20N2S/c1-11(2)15(13-7-5-4-6-8-13)17-12(3)14-9-16-10-18-14/h4-12,15,17H,1-3H3. The molecule has 1 aromatic heterocycles. The van der Waals surface area contributed by atoms with Crippen LogP contribution in [0.15, 0.2) is 42.0 Å². The number of thiazole rings is 1. The van der Waals surface area contributed by atoms with Crippen LogP contribution in [0.2, 0.25) is 0 Å².